The second-order valence-electron chi connectivity index (χ2n) is 5.96. The van der Waals surface area contributed by atoms with E-state index in [4.69, 9.17) is 4.42 Å². The molecule has 0 saturated heterocycles. The summed E-state index contributed by atoms with van der Waals surface area (Å²) in [6, 6.07) is 11.0. The number of aryl methyl sites for hydroxylation is 2. The van der Waals surface area contributed by atoms with Crippen molar-refractivity contribution in [1.29, 1.82) is 0 Å². The third kappa shape index (κ3) is 4.55. The average Bonchev–Trinajstić information content (AvgIpc) is 3.11. The summed E-state index contributed by atoms with van der Waals surface area (Å²) in [7, 11) is 0. The maximum absolute atomic E-state index is 13.3. The van der Waals surface area contributed by atoms with Crippen molar-refractivity contribution >= 4 is 17.3 Å². The number of hydrogen-bond donors (Lipinski definition) is 1. The standard InChI is InChI=1S/C19H16FN3O4/c1-12-2-4-13(5-3-12)17-11-21-19(27-17)9-8-18(24)22-14-6-7-15(20)16(10-14)23(25)26/h2-7,10-11H,8-9H2,1H3,(H,22,24). The van der Waals surface area contributed by atoms with Crippen LogP contribution in [-0.2, 0) is 11.2 Å². The zero-order chi connectivity index (χ0) is 19.4. The first-order valence-electron chi connectivity index (χ1n) is 8.18. The lowest BCUT2D eigenvalue weighted by Crippen LogP contribution is -2.12. The summed E-state index contributed by atoms with van der Waals surface area (Å²) in [6.45, 7) is 1.99. The predicted octanol–water partition coefficient (Wildman–Crippen LogP) is 4.27. The van der Waals surface area contributed by atoms with Gasteiger partial charge in [0.15, 0.2) is 11.7 Å². The number of nitro benzene ring substituents is 1. The van der Waals surface area contributed by atoms with E-state index in [9.17, 15) is 19.3 Å². The molecule has 3 rings (SSSR count). The number of aromatic nitrogens is 1. The highest BCUT2D eigenvalue weighted by Gasteiger charge is 2.15. The number of anilines is 1. The smallest absolute Gasteiger partial charge is 0.306 e. The van der Waals surface area contributed by atoms with E-state index in [2.05, 4.69) is 10.3 Å². The monoisotopic (exact) mass is 369 g/mol. The maximum atomic E-state index is 13.3. The normalized spacial score (nSPS) is 10.6. The van der Waals surface area contributed by atoms with Gasteiger partial charge in [-0.2, -0.15) is 4.39 Å². The summed E-state index contributed by atoms with van der Waals surface area (Å²) < 4.78 is 19.0. The van der Waals surface area contributed by atoms with E-state index in [0.29, 0.717) is 11.7 Å². The number of benzene rings is 2. The topological polar surface area (TPSA) is 98.3 Å². The molecule has 0 aliphatic heterocycles. The van der Waals surface area contributed by atoms with Crippen molar-refractivity contribution in [3.8, 4) is 11.3 Å². The van der Waals surface area contributed by atoms with Crippen molar-refractivity contribution in [3.63, 3.8) is 0 Å². The molecule has 8 heteroatoms. The third-order valence-electron chi connectivity index (χ3n) is 3.88. The van der Waals surface area contributed by atoms with E-state index in [1.54, 1.807) is 6.20 Å². The second kappa shape index (κ2) is 7.77. The summed E-state index contributed by atoms with van der Waals surface area (Å²) in [4.78, 5) is 26.1. The van der Waals surface area contributed by atoms with Gasteiger partial charge in [0.25, 0.3) is 0 Å². The first kappa shape index (κ1) is 18.2. The Kier molecular flexibility index (Phi) is 5.25. The molecule has 0 unspecified atom stereocenters. The number of rotatable bonds is 6. The molecule has 1 N–H and O–H groups in total. The van der Waals surface area contributed by atoms with E-state index in [1.165, 1.54) is 6.07 Å². The molecule has 0 aliphatic carbocycles. The zero-order valence-electron chi connectivity index (χ0n) is 14.4. The van der Waals surface area contributed by atoms with Gasteiger partial charge in [-0.1, -0.05) is 29.8 Å². The highest BCUT2D eigenvalue weighted by atomic mass is 19.1. The number of nitrogens with zero attached hydrogens (tertiary/aromatic N) is 2. The molecular weight excluding hydrogens is 353 g/mol. The van der Waals surface area contributed by atoms with Gasteiger partial charge >= 0.3 is 5.69 Å². The van der Waals surface area contributed by atoms with Crippen LogP contribution in [0.4, 0.5) is 15.8 Å². The SMILES string of the molecule is Cc1ccc(-c2cnc(CCC(=O)Nc3ccc(F)c([N+](=O)[O-])c3)o2)cc1. The minimum atomic E-state index is -0.957. The lowest BCUT2D eigenvalue weighted by atomic mass is 10.1. The number of nitro groups is 1. The highest BCUT2D eigenvalue weighted by molar-refractivity contribution is 5.91. The molecule has 7 nitrogen and oxygen atoms in total. The Labute approximate surface area is 154 Å². The molecule has 1 aromatic heterocycles. The summed E-state index contributed by atoms with van der Waals surface area (Å²) in [6.07, 6.45) is 1.93. The first-order valence-corrected chi connectivity index (χ1v) is 8.18. The Morgan fingerprint density at radius 1 is 1.26 bits per heavy atom. The number of oxazole rings is 1. The molecule has 1 heterocycles. The number of carbonyl (C=O) groups is 1. The average molecular weight is 369 g/mol. The van der Waals surface area contributed by atoms with Gasteiger partial charge in [0, 0.05) is 30.2 Å². The zero-order valence-corrected chi connectivity index (χ0v) is 14.4. The molecule has 0 fully saturated rings. The van der Waals surface area contributed by atoms with Gasteiger partial charge in [-0.15, -0.1) is 0 Å². The number of halogens is 1. The number of nitrogens with one attached hydrogen (secondary N) is 1. The van der Waals surface area contributed by atoms with Gasteiger partial charge in [-0.05, 0) is 19.1 Å². The molecule has 0 bridgehead atoms. The Bertz CT molecular complexity index is 983. The quantitative estimate of drug-likeness (QED) is 0.517. The van der Waals surface area contributed by atoms with E-state index >= 15 is 0 Å². The van der Waals surface area contributed by atoms with Crippen molar-refractivity contribution < 1.29 is 18.5 Å². The molecular formula is C19H16FN3O4. The van der Waals surface area contributed by atoms with Gasteiger partial charge in [0.2, 0.25) is 11.7 Å². The van der Waals surface area contributed by atoms with Crippen LogP contribution >= 0.6 is 0 Å². The van der Waals surface area contributed by atoms with Crippen molar-refractivity contribution in [3.05, 3.63) is 76.0 Å². The highest BCUT2D eigenvalue weighted by Crippen LogP contribution is 2.23. The van der Waals surface area contributed by atoms with Crippen molar-refractivity contribution in [2.24, 2.45) is 0 Å². The fourth-order valence-corrected chi connectivity index (χ4v) is 2.45. The first-order chi connectivity index (χ1) is 12.9. The fraction of sp³-hybridized carbons (Fsp3) is 0.158. The Morgan fingerprint density at radius 2 is 2.00 bits per heavy atom. The van der Waals surface area contributed by atoms with E-state index in [0.717, 1.165) is 23.3 Å². The Balaban J connectivity index is 1.59. The Morgan fingerprint density at radius 3 is 2.70 bits per heavy atom. The molecule has 1 amide bonds. The molecule has 0 aliphatic rings. The lowest BCUT2D eigenvalue weighted by molar-refractivity contribution is -0.387. The van der Waals surface area contributed by atoms with Crippen LogP contribution in [0.5, 0.6) is 0 Å². The molecule has 0 saturated carbocycles. The number of carbonyl (C=O) groups excluding carboxylic acids is 1. The van der Waals surface area contributed by atoms with Crippen LogP contribution < -0.4 is 5.32 Å². The minimum absolute atomic E-state index is 0.0685. The molecule has 138 valence electrons. The van der Waals surface area contributed by atoms with Gasteiger partial charge in [-0.25, -0.2) is 4.98 Å². The van der Waals surface area contributed by atoms with Gasteiger partial charge in [0.05, 0.1) is 11.1 Å². The van der Waals surface area contributed by atoms with E-state index in [1.807, 2.05) is 31.2 Å². The molecule has 0 spiro atoms. The molecule has 27 heavy (non-hydrogen) atoms. The fourth-order valence-electron chi connectivity index (χ4n) is 2.45. The summed E-state index contributed by atoms with van der Waals surface area (Å²) in [5.74, 6) is -0.321. The van der Waals surface area contributed by atoms with Crippen molar-refractivity contribution in [2.75, 3.05) is 5.32 Å². The van der Waals surface area contributed by atoms with Crippen LogP contribution in [0.1, 0.15) is 17.9 Å². The predicted molar refractivity (Wildman–Crippen MR) is 96.7 cm³/mol. The van der Waals surface area contributed by atoms with Gasteiger partial charge in [-0.3, -0.25) is 14.9 Å². The van der Waals surface area contributed by atoms with Crippen LogP contribution in [-0.4, -0.2) is 15.8 Å². The summed E-state index contributed by atoms with van der Waals surface area (Å²) >= 11 is 0. The van der Waals surface area contributed by atoms with Gasteiger partial charge in [0.1, 0.15) is 0 Å². The maximum Gasteiger partial charge on any atom is 0.306 e. The summed E-state index contributed by atoms with van der Waals surface area (Å²) in [5, 5.41) is 13.2. The van der Waals surface area contributed by atoms with E-state index < -0.39 is 16.4 Å². The van der Waals surface area contributed by atoms with Crippen LogP contribution in [0.2, 0.25) is 0 Å². The van der Waals surface area contributed by atoms with Crippen LogP contribution in [0.25, 0.3) is 11.3 Å². The molecule has 0 atom stereocenters. The van der Waals surface area contributed by atoms with E-state index in [-0.39, 0.29) is 24.4 Å². The van der Waals surface area contributed by atoms with Crippen LogP contribution in [0, 0.1) is 22.9 Å². The largest absolute Gasteiger partial charge is 0.441 e. The molecule has 2 aromatic carbocycles. The van der Waals surface area contributed by atoms with Crippen molar-refractivity contribution in [1.82, 2.24) is 4.98 Å². The number of hydrogen-bond acceptors (Lipinski definition) is 5. The third-order valence-corrected chi connectivity index (χ3v) is 3.88. The van der Waals surface area contributed by atoms with Crippen LogP contribution in [0.3, 0.4) is 0 Å². The lowest BCUT2D eigenvalue weighted by Gasteiger charge is -2.04. The molecule has 0 radical (unpaired) electrons. The van der Waals surface area contributed by atoms with Crippen molar-refractivity contribution in [2.45, 2.75) is 19.8 Å². The summed E-state index contributed by atoms with van der Waals surface area (Å²) in [5.41, 5.74) is 1.49. The Hall–Kier alpha value is -3.55. The van der Waals surface area contributed by atoms with Crippen LogP contribution in [0.15, 0.2) is 53.1 Å². The minimum Gasteiger partial charge on any atom is -0.441 e. The second-order valence-corrected chi connectivity index (χ2v) is 5.96. The van der Waals surface area contributed by atoms with Gasteiger partial charge < -0.3 is 9.73 Å². The number of amides is 1. The molecule has 3 aromatic rings.